The van der Waals surface area contributed by atoms with Crippen LogP contribution in [0.1, 0.15) is 49.7 Å². The van der Waals surface area contributed by atoms with E-state index in [4.69, 9.17) is 14.6 Å². The highest BCUT2D eigenvalue weighted by Crippen LogP contribution is 2.44. The van der Waals surface area contributed by atoms with Crippen molar-refractivity contribution in [3.05, 3.63) is 70.2 Å². The van der Waals surface area contributed by atoms with Gasteiger partial charge in [0.05, 0.1) is 42.0 Å². The Morgan fingerprint density at radius 1 is 1.30 bits per heavy atom. The monoisotopic (exact) mass is 598 g/mol. The lowest BCUT2D eigenvalue weighted by atomic mass is 9.82. The van der Waals surface area contributed by atoms with Gasteiger partial charge in [-0.25, -0.2) is 9.67 Å². The van der Waals surface area contributed by atoms with Crippen molar-refractivity contribution in [2.45, 2.75) is 31.0 Å². The molecule has 11 nitrogen and oxygen atoms in total. The summed E-state index contributed by atoms with van der Waals surface area (Å²) in [6.45, 7) is -0.827. The number of alkyl halides is 3. The molecule has 1 saturated heterocycles. The Labute approximate surface area is 244 Å². The molecule has 3 aliphatic rings. The van der Waals surface area contributed by atoms with Gasteiger partial charge in [-0.05, 0) is 48.2 Å². The molecule has 2 aliphatic heterocycles. The summed E-state index contributed by atoms with van der Waals surface area (Å²) in [6.07, 6.45) is 0.000707. The summed E-state index contributed by atoms with van der Waals surface area (Å²) in [5, 5.41) is 20.4. The zero-order chi connectivity index (χ0) is 30.4. The van der Waals surface area contributed by atoms with Crippen molar-refractivity contribution >= 4 is 18.0 Å². The van der Waals surface area contributed by atoms with Gasteiger partial charge >= 0.3 is 6.18 Å². The fourth-order valence-corrected chi connectivity index (χ4v) is 5.85. The second-order valence-corrected chi connectivity index (χ2v) is 11.2. The van der Waals surface area contributed by atoms with Crippen LogP contribution in [-0.2, 0) is 23.1 Å². The lowest BCUT2D eigenvalue weighted by Crippen LogP contribution is -2.53. The summed E-state index contributed by atoms with van der Waals surface area (Å²) >= 11 is 0. The minimum Gasteiger partial charge on any atom is -0.484 e. The Bertz CT molecular complexity index is 1590. The third kappa shape index (κ3) is 5.36. The summed E-state index contributed by atoms with van der Waals surface area (Å²) in [5.41, 5.74) is 1.34. The lowest BCUT2D eigenvalue weighted by Gasteiger charge is -2.39. The van der Waals surface area contributed by atoms with Crippen LogP contribution >= 0.6 is 0 Å². The number of aliphatic hydroxyl groups excluding tert-OH is 1. The number of carbonyl (C=O) groups is 2. The van der Waals surface area contributed by atoms with Crippen LogP contribution in [0, 0.1) is 5.41 Å². The van der Waals surface area contributed by atoms with Gasteiger partial charge in [0, 0.05) is 38.0 Å². The number of carbonyl (C=O) groups excluding carboxylic acids is 2. The van der Waals surface area contributed by atoms with Crippen LogP contribution in [0.15, 0.2) is 41.5 Å². The number of nitrogens with zero attached hydrogens (tertiary/aromatic N) is 4. The van der Waals surface area contributed by atoms with Crippen LogP contribution in [0.2, 0.25) is 0 Å². The zero-order valence-corrected chi connectivity index (χ0v) is 23.2. The first-order valence-corrected chi connectivity index (χ1v) is 13.7. The molecule has 3 N–H and O–H groups in total. The summed E-state index contributed by atoms with van der Waals surface area (Å²) < 4.78 is 49.5. The summed E-state index contributed by atoms with van der Waals surface area (Å²) in [6, 6.07) is 8.14. The average Bonchev–Trinajstić information content (AvgIpc) is 3.50. The van der Waals surface area contributed by atoms with Crippen LogP contribution in [0.25, 0.3) is 5.82 Å². The number of aromatic nitrogens is 3. The SMILES string of the molecule is CN=Cc1ccc(-n2nc3c(c2C(=O)NCC2(CO)COC2)C(=O)N[C@@]2(CCc4cc(OCC(F)(F)F)ccc42)C3)nc1. The molecule has 1 atom stereocenters. The summed E-state index contributed by atoms with van der Waals surface area (Å²) in [5.74, 6) is -0.642. The quantitative estimate of drug-likeness (QED) is 0.338. The van der Waals surface area contributed by atoms with E-state index in [0.29, 0.717) is 37.6 Å². The number of benzene rings is 1. The average molecular weight is 599 g/mol. The number of pyridine rings is 1. The Hall–Kier alpha value is -4.30. The van der Waals surface area contributed by atoms with Gasteiger partial charge in [-0.15, -0.1) is 0 Å². The third-order valence-corrected chi connectivity index (χ3v) is 8.08. The first-order chi connectivity index (χ1) is 20.6. The molecule has 0 bridgehead atoms. The minimum absolute atomic E-state index is 0.00853. The van der Waals surface area contributed by atoms with E-state index < -0.39 is 35.6 Å². The van der Waals surface area contributed by atoms with E-state index in [1.54, 1.807) is 43.7 Å². The molecule has 4 heterocycles. The Morgan fingerprint density at radius 3 is 2.77 bits per heavy atom. The maximum Gasteiger partial charge on any atom is 0.422 e. The number of aliphatic hydroxyl groups is 1. The molecule has 1 fully saturated rings. The molecular weight excluding hydrogens is 569 g/mol. The van der Waals surface area contributed by atoms with E-state index in [1.807, 2.05) is 0 Å². The number of hydrogen-bond acceptors (Lipinski definition) is 8. The van der Waals surface area contributed by atoms with E-state index in [1.165, 1.54) is 10.7 Å². The van der Waals surface area contributed by atoms with E-state index >= 15 is 0 Å². The molecule has 6 rings (SSSR count). The van der Waals surface area contributed by atoms with Crippen molar-refractivity contribution in [3.63, 3.8) is 0 Å². The fourth-order valence-electron chi connectivity index (χ4n) is 5.85. The predicted molar refractivity (Wildman–Crippen MR) is 147 cm³/mol. The van der Waals surface area contributed by atoms with Crippen molar-refractivity contribution < 1.29 is 37.3 Å². The zero-order valence-electron chi connectivity index (χ0n) is 23.2. The standard InChI is InChI=1S/C29H29F3N6O5/c1-33-10-17-2-5-22(34-11-17)38-24(26(41)35-12-27(13-39)14-42-15-27)23-21(37-38)9-28(36-25(23)40)7-6-18-8-19(3-4-20(18)28)43-16-29(30,31)32/h2-5,8,10-11,39H,6-7,9,12-16H2,1H3,(H,35,41)(H,36,40)/t28-/m0/s1. The van der Waals surface area contributed by atoms with Crippen molar-refractivity contribution in [3.8, 4) is 11.6 Å². The Kier molecular flexibility index (Phi) is 7.21. The summed E-state index contributed by atoms with van der Waals surface area (Å²) in [4.78, 5) is 35.9. The van der Waals surface area contributed by atoms with Gasteiger partial charge < -0.3 is 25.2 Å². The third-order valence-electron chi connectivity index (χ3n) is 8.08. The van der Waals surface area contributed by atoms with Crippen molar-refractivity contribution in [1.82, 2.24) is 25.4 Å². The number of aliphatic imine (C=N–C) groups is 1. The van der Waals surface area contributed by atoms with Crippen LogP contribution in [0.5, 0.6) is 5.75 Å². The molecule has 14 heteroatoms. The van der Waals surface area contributed by atoms with E-state index in [-0.39, 0.29) is 36.6 Å². The second kappa shape index (κ2) is 10.8. The second-order valence-electron chi connectivity index (χ2n) is 11.2. The molecule has 2 amide bonds. The molecule has 3 aromatic rings. The smallest absolute Gasteiger partial charge is 0.422 e. The number of halogens is 3. The number of fused-ring (bicyclic) bond motifs is 3. The lowest BCUT2D eigenvalue weighted by molar-refractivity contribution is -0.153. The largest absolute Gasteiger partial charge is 0.484 e. The van der Waals surface area contributed by atoms with E-state index in [0.717, 1.165) is 16.7 Å². The van der Waals surface area contributed by atoms with Crippen molar-refractivity contribution in [2.24, 2.45) is 10.4 Å². The minimum atomic E-state index is -4.46. The molecule has 1 aliphatic carbocycles. The molecule has 226 valence electrons. The normalized spacial score (nSPS) is 20.4. The van der Waals surface area contributed by atoms with Crippen molar-refractivity contribution in [2.75, 3.05) is 40.0 Å². The number of amides is 2. The first kappa shape index (κ1) is 28.8. The first-order valence-electron chi connectivity index (χ1n) is 13.7. The molecular formula is C29H29F3N6O5. The topological polar surface area (TPSA) is 140 Å². The van der Waals surface area contributed by atoms with Crippen LogP contribution in [-0.4, -0.2) is 84.1 Å². The van der Waals surface area contributed by atoms with Crippen LogP contribution < -0.4 is 15.4 Å². The highest BCUT2D eigenvalue weighted by atomic mass is 19.4. The maximum absolute atomic E-state index is 13.8. The van der Waals surface area contributed by atoms with Crippen molar-refractivity contribution in [1.29, 1.82) is 0 Å². The van der Waals surface area contributed by atoms with Gasteiger partial charge in [-0.3, -0.25) is 14.6 Å². The molecule has 0 radical (unpaired) electrons. The molecule has 0 unspecified atom stereocenters. The Morgan fingerprint density at radius 2 is 2.12 bits per heavy atom. The number of nitrogens with one attached hydrogen (secondary N) is 2. The highest BCUT2D eigenvalue weighted by molar-refractivity contribution is 6.08. The molecule has 43 heavy (non-hydrogen) atoms. The maximum atomic E-state index is 13.8. The molecule has 2 aromatic heterocycles. The van der Waals surface area contributed by atoms with Crippen LogP contribution in [0.4, 0.5) is 13.2 Å². The van der Waals surface area contributed by atoms with Gasteiger partial charge in [0.2, 0.25) is 0 Å². The van der Waals surface area contributed by atoms with Gasteiger partial charge in [-0.1, -0.05) is 6.07 Å². The van der Waals surface area contributed by atoms with Gasteiger partial charge in [0.15, 0.2) is 12.4 Å². The number of hydrogen-bond donors (Lipinski definition) is 3. The molecule has 0 saturated carbocycles. The predicted octanol–water partition coefficient (Wildman–Crippen LogP) is 2.12. The number of aryl methyl sites for hydroxylation is 1. The van der Waals surface area contributed by atoms with Crippen LogP contribution in [0.3, 0.4) is 0 Å². The van der Waals surface area contributed by atoms with Gasteiger partial charge in [-0.2, -0.15) is 18.3 Å². The number of ether oxygens (including phenoxy) is 2. The fraction of sp³-hybridized carbons (Fsp3) is 0.414. The number of rotatable bonds is 8. The molecule has 1 spiro atoms. The molecule has 1 aromatic carbocycles. The van der Waals surface area contributed by atoms with E-state index in [2.05, 4.69) is 20.6 Å². The van der Waals surface area contributed by atoms with E-state index in [9.17, 15) is 27.9 Å². The summed E-state index contributed by atoms with van der Waals surface area (Å²) in [7, 11) is 1.64. The van der Waals surface area contributed by atoms with Gasteiger partial charge in [0.25, 0.3) is 11.8 Å². The Balaban J connectivity index is 1.35. The van der Waals surface area contributed by atoms with Gasteiger partial charge in [0.1, 0.15) is 11.4 Å². The highest BCUT2D eigenvalue weighted by Gasteiger charge is 2.48.